The molecule has 0 spiro atoms. The van der Waals surface area contributed by atoms with Crippen LogP contribution in [0.4, 0.5) is 0 Å². The third-order valence-electron chi connectivity index (χ3n) is 12.3. The van der Waals surface area contributed by atoms with Crippen molar-refractivity contribution < 1.29 is 39.1 Å². The topological polar surface area (TPSA) is 201 Å². The van der Waals surface area contributed by atoms with Crippen LogP contribution in [0.1, 0.15) is 114 Å². The van der Waals surface area contributed by atoms with Crippen LogP contribution in [-0.4, -0.2) is 55.1 Å². The highest BCUT2D eigenvalue weighted by Crippen LogP contribution is 2.34. The normalized spacial score (nSPS) is 15.0. The van der Waals surface area contributed by atoms with E-state index in [-0.39, 0.29) is 24.7 Å². The van der Waals surface area contributed by atoms with Crippen LogP contribution in [0.2, 0.25) is 0 Å². The van der Waals surface area contributed by atoms with Gasteiger partial charge in [-0.2, -0.15) is 0 Å². The quantitative estimate of drug-likeness (QED) is 0.0455. The fourth-order valence-electron chi connectivity index (χ4n) is 9.05. The standard InChI is InChI=1S/C26H29N3O4.C25H27N3O4/c1-18-15-20(22-7-3-4-8-23(22)27-18)17-33-21-11-9-19(10-12-21)25(31)28-26(16-24(30)29-32)13-5-2-6-14-26;1-17-14-19(21-6-2-3-7-22(21)26-17)16-32-20-10-8-18(9-11-20)24(30)27-25(12-4-5-13-25)15-23(29)28-31/h3-4,7-12,15,32H,2,5-6,13-14,16-17H2,1H3,(H,28,31)(H,29,30);2-3,6-11,14,31H,4-5,12-13,15-16H2,1H3,(H,27,30)(H,28,29). The molecule has 338 valence electrons. The van der Waals surface area contributed by atoms with Gasteiger partial charge in [0.25, 0.3) is 11.8 Å². The van der Waals surface area contributed by atoms with Crippen molar-refractivity contribution in [3.05, 3.63) is 143 Å². The molecule has 0 aliphatic heterocycles. The number of aromatic nitrogens is 2. The van der Waals surface area contributed by atoms with Gasteiger partial charge in [0.15, 0.2) is 0 Å². The number of aryl methyl sites for hydroxylation is 2. The van der Waals surface area contributed by atoms with Gasteiger partial charge < -0.3 is 20.1 Å². The number of hydrogen-bond acceptors (Lipinski definition) is 10. The summed E-state index contributed by atoms with van der Waals surface area (Å²) >= 11 is 0. The highest BCUT2D eigenvalue weighted by atomic mass is 16.5. The lowest BCUT2D eigenvalue weighted by Gasteiger charge is -2.37. The molecule has 2 heterocycles. The second kappa shape index (κ2) is 21.2. The molecule has 65 heavy (non-hydrogen) atoms. The number of ether oxygens (including phenoxy) is 2. The average molecular weight is 881 g/mol. The van der Waals surface area contributed by atoms with Crippen LogP contribution in [0.5, 0.6) is 11.5 Å². The Balaban J connectivity index is 0.000000194. The number of para-hydroxylation sites is 2. The first-order valence-corrected chi connectivity index (χ1v) is 22.1. The molecule has 6 aromatic rings. The summed E-state index contributed by atoms with van der Waals surface area (Å²) in [7, 11) is 0. The summed E-state index contributed by atoms with van der Waals surface area (Å²) in [6, 6.07) is 34.0. The zero-order valence-electron chi connectivity index (χ0n) is 36.8. The van der Waals surface area contributed by atoms with E-state index in [9.17, 15) is 19.2 Å². The first kappa shape index (κ1) is 46.1. The molecular weight excluding hydrogens is 825 g/mol. The van der Waals surface area contributed by atoms with E-state index in [0.29, 0.717) is 61.5 Å². The van der Waals surface area contributed by atoms with Crippen LogP contribution in [0, 0.1) is 13.8 Å². The Morgan fingerprint density at radius 1 is 0.538 bits per heavy atom. The SMILES string of the molecule is Cc1cc(COc2ccc(C(=O)NC3(CC(=O)NO)CCCC3)cc2)c2ccccc2n1.Cc1cc(COc2ccc(C(=O)NC3(CC(=O)NO)CCCCC3)cc2)c2ccccc2n1. The number of hydrogen-bond donors (Lipinski definition) is 6. The van der Waals surface area contributed by atoms with Crippen molar-refractivity contribution >= 4 is 45.4 Å². The summed E-state index contributed by atoms with van der Waals surface area (Å²) in [5.41, 5.74) is 8.98. The number of carbonyl (C=O) groups excluding carboxylic acids is 4. The summed E-state index contributed by atoms with van der Waals surface area (Å²) in [5.74, 6) is -0.119. The lowest BCUT2D eigenvalue weighted by atomic mass is 9.79. The van der Waals surface area contributed by atoms with Gasteiger partial charge in [0.2, 0.25) is 11.8 Å². The van der Waals surface area contributed by atoms with Crippen molar-refractivity contribution in [2.45, 2.75) is 109 Å². The van der Waals surface area contributed by atoms with Crippen molar-refractivity contribution in [2.75, 3.05) is 0 Å². The number of fused-ring (bicyclic) bond motifs is 2. The van der Waals surface area contributed by atoms with Crippen molar-refractivity contribution in [2.24, 2.45) is 0 Å². The summed E-state index contributed by atoms with van der Waals surface area (Å²) in [6.45, 7) is 4.72. The van der Waals surface area contributed by atoms with Crippen molar-refractivity contribution in [3.63, 3.8) is 0 Å². The van der Waals surface area contributed by atoms with Crippen LogP contribution in [0.3, 0.4) is 0 Å². The van der Waals surface area contributed by atoms with E-state index >= 15 is 0 Å². The predicted molar refractivity (Wildman–Crippen MR) is 246 cm³/mol. The molecule has 0 saturated heterocycles. The van der Waals surface area contributed by atoms with E-state index in [1.807, 2.05) is 74.5 Å². The number of carbonyl (C=O) groups is 4. The van der Waals surface area contributed by atoms with Gasteiger partial charge in [0.05, 0.1) is 23.9 Å². The molecule has 0 atom stereocenters. The largest absolute Gasteiger partial charge is 0.489 e. The Kier molecular flexibility index (Phi) is 15.0. The van der Waals surface area contributed by atoms with Gasteiger partial charge in [0, 0.05) is 55.5 Å². The van der Waals surface area contributed by atoms with E-state index in [1.165, 1.54) is 0 Å². The van der Waals surface area contributed by atoms with E-state index in [0.717, 1.165) is 76.4 Å². The molecule has 14 nitrogen and oxygen atoms in total. The van der Waals surface area contributed by atoms with Gasteiger partial charge in [-0.15, -0.1) is 0 Å². The predicted octanol–water partition coefficient (Wildman–Crippen LogP) is 8.51. The van der Waals surface area contributed by atoms with Crippen LogP contribution >= 0.6 is 0 Å². The number of pyridine rings is 2. The Hall–Kier alpha value is -6.90. The maximum atomic E-state index is 12.9. The maximum absolute atomic E-state index is 12.9. The summed E-state index contributed by atoms with van der Waals surface area (Å²) in [4.78, 5) is 58.3. The molecule has 0 radical (unpaired) electrons. The maximum Gasteiger partial charge on any atom is 0.251 e. The van der Waals surface area contributed by atoms with Crippen LogP contribution in [0.25, 0.3) is 21.8 Å². The average Bonchev–Trinajstić information content (AvgIpc) is 3.77. The molecular formula is C51H56N6O8. The first-order chi connectivity index (χ1) is 31.5. The molecule has 4 amide bonds. The third kappa shape index (κ3) is 12.0. The fraction of sp³-hybridized carbons (Fsp3) is 0.333. The Labute approximate surface area is 378 Å². The smallest absolute Gasteiger partial charge is 0.251 e. The minimum absolute atomic E-state index is 0.0652. The van der Waals surface area contributed by atoms with Gasteiger partial charge in [0.1, 0.15) is 24.7 Å². The summed E-state index contributed by atoms with van der Waals surface area (Å²) < 4.78 is 12.0. The van der Waals surface area contributed by atoms with E-state index in [2.05, 4.69) is 20.6 Å². The Bertz CT molecular complexity index is 2620. The molecule has 14 heteroatoms. The molecule has 2 aliphatic carbocycles. The Morgan fingerprint density at radius 2 is 0.908 bits per heavy atom. The lowest BCUT2D eigenvalue weighted by molar-refractivity contribution is -0.131. The van der Waals surface area contributed by atoms with E-state index in [1.54, 1.807) is 59.5 Å². The van der Waals surface area contributed by atoms with Gasteiger partial charge in [-0.05, 0) is 112 Å². The van der Waals surface area contributed by atoms with Crippen molar-refractivity contribution in [1.82, 2.24) is 31.6 Å². The van der Waals surface area contributed by atoms with Crippen LogP contribution in [0.15, 0.2) is 109 Å². The second-order valence-electron chi connectivity index (χ2n) is 17.2. The number of amides is 4. The van der Waals surface area contributed by atoms with E-state index < -0.39 is 22.9 Å². The molecule has 0 bridgehead atoms. The molecule has 4 aromatic carbocycles. The fourth-order valence-corrected chi connectivity index (χ4v) is 9.05. The summed E-state index contributed by atoms with van der Waals surface area (Å²) in [6.07, 6.45) is 7.83. The number of hydroxylamine groups is 2. The molecule has 2 aliphatic rings. The lowest BCUT2D eigenvalue weighted by Crippen LogP contribution is -2.52. The molecule has 2 saturated carbocycles. The number of benzene rings is 4. The first-order valence-electron chi connectivity index (χ1n) is 22.1. The zero-order valence-corrected chi connectivity index (χ0v) is 36.8. The highest BCUT2D eigenvalue weighted by Gasteiger charge is 2.38. The molecule has 2 fully saturated rings. The Morgan fingerprint density at radius 3 is 1.29 bits per heavy atom. The number of nitrogens with one attached hydrogen (secondary N) is 4. The van der Waals surface area contributed by atoms with Gasteiger partial charge >= 0.3 is 0 Å². The number of rotatable bonds is 14. The minimum atomic E-state index is -0.627. The molecule has 6 N–H and O–H groups in total. The van der Waals surface area contributed by atoms with Crippen LogP contribution < -0.4 is 31.1 Å². The zero-order chi connectivity index (χ0) is 45.8. The third-order valence-corrected chi connectivity index (χ3v) is 12.3. The second-order valence-corrected chi connectivity index (χ2v) is 17.2. The highest BCUT2D eigenvalue weighted by molar-refractivity contribution is 5.96. The molecule has 8 rings (SSSR count). The number of nitrogens with zero attached hydrogens (tertiary/aromatic N) is 2. The monoisotopic (exact) mass is 880 g/mol. The van der Waals surface area contributed by atoms with Gasteiger partial charge in [-0.25, -0.2) is 11.0 Å². The molecule has 0 unspecified atom stereocenters. The van der Waals surface area contributed by atoms with Crippen molar-refractivity contribution in [1.29, 1.82) is 0 Å². The van der Waals surface area contributed by atoms with Gasteiger partial charge in [-0.3, -0.25) is 39.6 Å². The van der Waals surface area contributed by atoms with E-state index in [4.69, 9.17) is 19.9 Å². The molecule has 2 aromatic heterocycles. The van der Waals surface area contributed by atoms with Crippen molar-refractivity contribution in [3.8, 4) is 11.5 Å². The summed E-state index contributed by atoms with van der Waals surface area (Å²) in [5, 5.41) is 26.0. The van der Waals surface area contributed by atoms with Gasteiger partial charge in [-0.1, -0.05) is 68.5 Å². The van der Waals surface area contributed by atoms with Crippen LogP contribution in [-0.2, 0) is 22.8 Å². The minimum Gasteiger partial charge on any atom is -0.489 e.